The van der Waals surface area contributed by atoms with E-state index in [1.807, 2.05) is 0 Å². The first-order chi connectivity index (χ1) is 14.9. The van der Waals surface area contributed by atoms with Crippen molar-refractivity contribution >= 4 is 29.1 Å². The second-order valence-electron chi connectivity index (χ2n) is 6.68. The van der Waals surface area contributed by atoms with Crippen LogP contribution in [0, 0.1) is 11.6 Å². The Morgan fingerprint density at radius 3 is 2.23 bits per heavy atom. The second-order valence-corrected chi connectivity index (χ2v) is 6.68. The molecule has 0 saturated carbocycles. The Kier molecular flexibility index (Phi) is 5.12. The zero-order valence-corrected chi connectivity index (χ0v) is 15.8. The van der Waals surface area contributed by atoms with Crippen LogP contribution in [0.4, 0.5) is 14.5 Å². The third-order valence-corrected chi connectivity index (χ3v) is 4.71. The normalized spacial score (nSPS) is 12.1. The van der Waals surface area contributed by atoms with Gasteiger partial charge in [-0.15, -0.1) is 0 Å². The molecule has 8 heteroatoms. The van der Waals surface area contributed by atoms with Crippen molar-refractivity contribution in [3.63, 3.8) is 0 Å². The van der Waals surface area contributed by atoms with Gasteiger partial charge in [-0.05, 0) is 18.2 Å². The Balaban J connectivity index is 1.53. The van der Waals surface area contributed by atoms with Crippen LogP contribution < -0.4 is 5.32 Å². The minimum Gasteiger partial charge on any atom is -0.452 e. The predicted octanol–water partition coefficient (Wildman–Crippen LogP) is 3.54. The standard InChI is InChI=1S/C23H13F2NO5/c24-12-8-9-18(17(25)10-12)26-19(27)11-31-23(30)16-7-3-6-15-20(16)22(29)14-5-2-1-4-13(14)21(15)28/h1-10H,11H2,(H,26,27). The molecule has 1 N–H and O–H groups in total. The number of amides is 1. The molecule has 0 fully saturated rings. The lowest BCUT2D eigenvalue weighted by molar-refractivity contribution is -0.119. The molecule has 1 amide bonds. The summed E-state index contributed by atoms with van der Waals surface area (Å²) in [5.74, 6) is -4.56. The van der Waals surface area contributed by atoms with Crippen LogP contribution in [0.2, 0.25) is 0 Å². The molecule has 3 aromatic carbocycles. The predicted molar refractivity (Wildman–Crippen MR) is 105 cm³/mol. The lowest BCUT2D eigenvalue weighted by atomic mass is 9.82. The number of anilines is 1. The Morgan fingerprint density at radius 2 is 1.52 bits per heavy atom. The van der Waals surface area contributed by atoms with E-state index in [0.29, 0.717) is 6.07 Å². The molecule has 0 heterocycles. The Labute approximate surface area is 174 Å². The van der Waals surface area contributed by atoms with Crippen LogP contribution in [0.15, 0.2) is 60.7 Å². The van der Waals surface area contributed by atoms with Crippen LogP contribution in [-0.4, -0.2) is 30.0 Å². The first-order valence-corrected chi connectivity index (χ1v) is 9.10. The maximum atomic E-state index is 13.6. The van der Waals surface area contributed by atoms with Crippen molar-refractivity contribution in [2.24, 2.45) is 0 Å². The SMILES string of the molecule is O=C(COC(=O)c1cccc2c1C(=O)c1ccccc1C2=O)Nc1ccc(F)cc1F. The number of fused-ring (bicyclic) bond motifs is 2. The van der Waals surface area contributed by atoms with Crippen molar-refractivity contribution in [2.75, 3.05) is 11.9 Å². The molecule has 0 spiro atoms. The van der Waals surface area contributed by atoms with E-state index in [-0.39, 0.29) is 33.5 Å². The quantitative estimate of drug-likeness (QED) is 0.509. The maximum absolute atomic E-state index is 13.6. The van der Waals surface area contributed by atoms with Gasteiger partial charge in [0.1, 0.15) is 11.6 Å². The average Bonchev–Trinajstić information content (AvgIpc) is 2.77. The number of ether oxygens (including phenoxy) is 1. The third-order valence-electron chi connectivity index (χ3n) is 4.71. The number of hydrogen-bond acceptors (Lipinski definition) is 5. The number of nitrogens with one attached hydrogen (secondary N) is 1. The van der Waals surface area contributed by atoms with Crippen molar-refractivity contribution in [1.82, 2.24) is 0 Å². The second kappa shape index (κ2) is 7.91. The van der Waals surface area contributed by atoms with Gasteiger partial charge in [-0.2, -0.15) is 0 Å². The van der Waals surface area contributed by atoms with Gasteiger partial charge in [0, 0.05) is 28.3 Å². The highest BCUT2D eigenvalue weighted by Gasteiger charge is 2.33. The summed E-state index contributed by atoms with van der Waals surface area (Å²) in [6.07, 6.45) is 0. The van der Waals surface area contributed by atoms with Gasteiger partial charge in [-0.1, -0.05) is 36.4 Å². The van der Waals surface area contributed by atoms with Crippen LogP contribution >= 0.6 is 0 Å². The van der Waals surface area contributed by atoms with Crippen LogP contribution in [-0.2, 0) is 9.53 Å². The summed E-state index contributed by atoms with van der Waals surface area (Å²) in [5, 5.41) is 2.16. The smallest absolute Gasteiger partial charge is 0.339 e. The Bertz CT molecular complexity index is 1270. The third kappa shape index (κ3) is 3.71. The maximum Gasteiger partial charge on any atom is 0.339 e. The van der Waals surface area contributed by atoms with Gasteiger partial charge >= 0.3 is 5.97 Å². The number of rotatable bonds is 4. The van der Waals surface area contributed by atoms with E-state index in [4.69, 9.17) is 4.74 Å². The molecule has 154 valence electrons. The molecule has 0 radical (unpaired) electrons. The lowest BCUT2D eigenvalue weighted by Gasteiger charge is -2.19. The van der Waals surface area contributed by atoms with Gasteiger partial charge in [-0.3, -0.25) is 14.4 Å². The van der Waals surface area contributed by atoms with Crippen molar-refractivity contribution in [3.8, 4) is 0 Å². The van der Waals surface area contributed by atoms with Crippen molar-refractivity contribution in [1.29, 1.82) is 0 Å². The number of carbonyl (C=O) groups is 4. The lowest BCUT2D eigenvalue weighted by Crippen LogP contribution is -2.26. The van der Waals surface area contributed by atoms with E-state index < -0.39 is 41.7 Å². The first kappa shape index (κ1) is 20.1. The van der Waals surface area contributed by atoms with Crippen LogP contribution in [0.1, 0.15) is 42.2 Å². The summed E-state index contributed by atoms with van der Waals surface area (Å²) in [6.45, 7) is -0.780. The van der Waals surface area contributed by atoms with Gasteiger partial charge in [0.15, 0.2) is 18.2 Å². The molecule has 0 bridgehead atoms. The summed E-state index contributed by atoms with van der Waals surface area (Å²) in [7, 11) is 0. The van der Waals surface area contributed by atoms with E-state index in [9.17, 15) is 28.0 Å². The first-order valence-electron chi connectivity index (χ1n) is 9.10. The van der Waals surface area contributed by atoms with Crippen LogP contribution in [0.5, 0.6) is 0 Å². The van der Waals surface area contributed by atoms with Gasteiger partial charge in [0.05, 0.1) is 11.3 Å². The molecule has 1 aliphatic rings. The fraction of sp³-hybridized carbons (Fsp3) is 0.0435. The fourth-order valence-corrected chi connectivity index (χ4v) is 3.30. The summed E-state index contributed by atoms with van der Waals surface area (Å²) in [5.41, 5.74) is -0.0591. The molecule has 0 aromatic heterocycles. The van der Waals surface area contributed by atoms with Crippen molar-refractivity contribution < 1.29 is 32.7 Å². The number of halogens is 2. The molecule has 0 unspecified atom stereocenters. The minimum atomic E-state index is -0.993. The minimum absolute atomic E-state index is 0.0657. The molecular formula is C23H13F2NO5. The van der Waals surface area contributed by atoms with E-state index in [1.54, 1.807) is 12.1 Å². The summed E-state index contributed by atoms with van der Waals surface area (Å²) in [4.78, 5) is 50.2. The van der Waals surface area contributed by atoms with Crippen molar-refractivity contribution in [2.45, 2.75) is 0 Å². The van der Waals surface area contributed by atoms with Gasteiger partial charge in [0.2, 0.25) is 0 Å². The van der Waals surface area contributed by atoms with Crippen LogP contribution in [0.3, 0.4) is 0 Å². The van der Waals surface area contributed by atoms with E-state index in [0.717, 1.165) is 12.1 Å². The molecule has 0 atom stereocenters. The molecule has 1 aliphatic carbocycles. The summed E-state index contributed by atoms with van der Waals surface area (Å²) in [6, 6.07) is 13.0. The molecule has 0 saturated heterocycles. The zero-order valence-electron chi connectivity index (χ0n) is 15.8. The Morgan fingerprint density at radius 1 is 0.839 bits per heavy atom. The fourth-order valence-electron chi connectivity index (χ4n) is 3.30. The topological polar surface area (TPSA) is 89.5 Å². The van der Waals surface area contributed by atoms with Gasteiger partial charge in [-0.25, -0.2) is 13.6 Å². The molecule has 4 rings (SSSR count). The molecule has 6 nitrogen and oxygen atoms in total. The van der Waals surface area contributed by atoms with E-state index >= 15 is 0 Å². The van der Waals surface area contributed by atoms with Crippen molar-refractivity contribution in [3.05, 3.63) is 100 Å². The number of carbonyl (C=O) groups excluding carboxylic acids is 4. The summed E-state index contributed by atoms with van der Waals surface area (Å²) >= 11 is 0. The largest absolute Gasteiger partial charge is 0.452 e. The molecule has 3 aromatic rings. The van der Waals surface area contributed by atoms with E-state index in [1.165, 1.54) is 30.3 Å². The number of ketones is 2. The zero-order chi connectivity index (χ0) is 22.1. The highest BCUT2D eigenvalue weighted by Crippen LogP contribution is 2.29. The number of esters is 1. The highest BCUT2D eigenvalue weighted by molar-refractivity contribution is 6.30. The van der Waals surface area contributed by atoms with E-state index in [2.05, 4.69) is 5.32 Å². The Hall–Kier alpha value is -4.20. The number of hydrogen-bond donors (Lipinski definition) is 1. The average molecular weight is 421 g/mol. The summed E-state index contributed by atoms with van der Waals surface area (Å²) < 4.78 is 31.5. The molecule has 0 aliphatic heterocycles. The number of benzene rings is 3. The van der Waals surface area contributed by atoms with Gasteiger partial charge < -0.3 is 10.1 Å². The monoisotopic (exact) mass is 421 g/mol. The van der Waals surface area contributed by atoms with Gasteiger partial charge in [0.25, 0.3) is 5.91 Å². The highest BCUT2D eigenvalue weighted by atomic mass is 19.1. The molecule has 31 heavy (non-hydrogen) atoms. The van der Waals surface area contributed by atoms with Crippen LogP contribution in [0.25, 0.3) is 0 Å². The molecular weight excluding hydrogens is 408 g/mol.